The Kier molecular flexibility index (Phi) is 3.38. The zero-order valence-electron chi connectivity index (χ0n) is 11.2. The van der Waals surface area contributed by atoms with Crippen LogP contribution in [0.5, 0.6) is 5.75 Å². The van der Waals surface area contributed by atoms with Gasteiger partial charge in [-0.1, -0.05) is 43.3 Å². The Balaban J connectivity index is 1.71. The summed E-state index contributed by atoms with van der Waals surface area (Å²) in [6, 6.07) is 7.74. The third kappa shape index (κ3) is 2.26. The molecular weight excluding hydrogens is 272 g/mol. The van der Waals surface area contributed by atoms with Gasteiger partial charge in [0.05, 0.1) is 10.5 Å². The first-order chi connectivity index (χ1) is 9.61. The third-order valence-corrected chi connectivity index (χ3v) is 4.62. The second kappa shape index (κ2) is 5.05. The third-order valence-electron chi connectivity index (χ3n) is 4.23. The van der Waals surface area contributed by atoms with Crippen LogP contribution in [0.25, 0.3) is 0 Å². The Hall–Kier alpha value is -1.62. The zero-order chi connectivity index (χ0) is 14.2. The lowest BCUT2D eigenvalue weighted by Gasteiger charge is -2.30. The van der Waals surface area contributed by atoms with Crippen molar-refractivity contribution in [2.75, 3.05) is 0 Å². The van der Waals surface area contributed by atoms with Crippen molar-refractivity contribution in [2.24, 2.45) is 5.73 Å². The van der Waals surface area contributed by atoms with Crippen molar-refractivity contribution in [1.29, 1.82) is 0 Å². The van der Waals surface area contributed by atoms with E-state index in [0.29, 0.717) is 11.4 Å². The molecule has 1 heterocycles. The number of carbonyl (C=O) groups is 1. The van der Waals surface area contributed by atoms with E-state index in [0.717, 1.165) is 37.0 Å². The van der Waals surface area contributed by atoms with Crippen LogP contribution in [0.1, 0.15) is 31.2 Å². The molecule has 1 unspecified atom stereocenters. The molecule has 106 valence electrons. The molecule has 1 aromatic rings. The van der Waals surface area contributed by atoms with E-state index in [2.05, 4.69) is 5.32 Å². The van der Waals surface area contributed by atoms with Gasteiger partial charge in [-0.2, -0.15) is 0 Å². The highest BCUT2D eigenvalue weighted by atomic mass is 32.1. The van der Waals surface area contributed by atoms with E-state index in [1.165, 1.54) is 0 Å². The molecule has 1 saturated carbocycles. The molecule has 1 amide bonds. The number of hydrogen-bond acceptors (Lipinski definition) is 3. The summed E-state index contributed by atoms with van der Waals surface area (Å²) in [7, 11) is 0. The standard InChI is InChI=1S/C15H18N2O2S/c16-14(20)15(7-3-4-8-15)17-13(18)12-9-10-5-1-2-6-11(10)19-12/h1-2,5-6,12H,3-4,7-9H2,(H2,16,20)(H,17,18). The molecule has 1 aromatic carbocycles. The fourth-order valence-corrected chi connectivity index (χ4v) is 3.31. The van der Waals surface area contributed by atoms with Crippen molar-refractivity contribution in [1.82, 2.24) is 5.32 Å². The maximum Gasteiger partial charge on any atom is 0.262 e. The van der Waals surface area contributed by atoms with Gasteiger partial charge < -0.3 is 15.8 Å². The normalized spacial score (nSPS) is 22.9. The maximum atomic E-state index is 12.4. The molecule has 0 radical (unpaired) electrons. The van der Waals surface area contributed by atoms with Crippen molar-refractivity contribution in [3.63, 3.8) is 0 Å². The topological polar surface area (TPSA) is 64.3 Å². The highest BCUT2D eigenvalue weighted by Gasteiger charge is 2.41. The van der Waals surface area contributed by atoms with Crippen molar-refractivity contribution < 1.29 is 9.53 Å². The Morgan fingerprint density at radius 1 is 1.35 bits per heavy atom. The number of benzene rings is 1. The lowest BCUT2D eigenvalue weighted by Crippen LogP contribution is -2.57. The molecule has 1 fully saturated rings. The van der Waals surface area contributed by atoms with Crippen molar-refractivity contribution in [3.05, 3.63) is 29.8 Å². The fraction of sp³-hybridized carbons (Fsp3) is 0.467. The fourth-order valence-electron chi connectivity index (χ4n) is 3.06. The van der Waals surface area contributed by atoms with E-state index in [4.69, 9.17) is 22.7 Å². The average molecular weight is 290 g/mol. The molecule has 4 nitrogen and oxygen atoms in total. The van der Waals surface area contributed by atoms with E-state index < -0.39 is 11.6 Å². The van der Waals surface area contributed by atoms with E-state index in [-0.39, 0.29) is 5.91 Å². The number of amides is 1. The average Bonchev–Trinajstić information content (AvgIpc) is 3.05. The maximum absolute atomic E-state index is 12.4. The molecule has 3 rings (SSSR count). The Morgan fingerprint density at radius 3 is 2.70 bits per heavy atom. The van der Waals surface area contributed by atoms with Crippen LogP contribution in [-0.2, 0) is 11.2 Å². The SMILES string of the molecule is NC(=S)C1(NC(=O)C2Cc3ccccc3O2)CCCC1. The molecule has 1 atom stereocenters. The van der Waals surface area contributed by atoms with Crippen LogP contribution in [0, 0.1) is 0 Å². The van der Waals surface area contributed by atoms with Gasteiger partial charge in [-0.3, -0.25) is 4.79 Å². The number of rotatable bonds is 3. The van der Waals surface area contributed by atoms with Gasteiger partial charge in [-0.05, 0) is 24.5 Å². The molecule has 0 bridgehead atoms. The first-order valence-corrected chi connectivity index (χ1v) is 7.38. The number of fused-ring (bicyclic) bond motifs is 1. The van der Waals surface area contributed by atoms with Crippen molar-refractivity contribution >= 4 is 23.1 Å². The van der Waals surface area contributed by atoms with Gasteiger partial charge >= 0.3 is 0 Å². The summed E-state index contributed by atoms with van der Waals surface area (Å²) in [4.78, 5) is 12.8. The Morgan fingerprint density at radius 2 is 2.05 bits per heavy atom. The van der Waals surface area contributed by atoms with Gasteiger partial charge in [-0.25, -0.2) is 0 Å². The second-order valence-electron chi connectivity index (χ2n) is 5.56. The Bertz CT molecular complexity index is 528. The summed E-state index contributed by atoms with van der Waals surface area (Å²) >= 11 is 5.15. The van der Waals surface area contributed by atoms with Crippen LogP contribution in [0.2, 0.25) is 0 Å². The van der Waals surface area contributed by atoms with Gasteiger partial charge in [0.2, 0.25) is 0 Å². The van der Waals surface area contributed by atoms with Crippen LogP contribution in [-0.4, -0.2) is 22.5 Å². The van der Waals surface area contributed by atoms with Crippen LogP contribution in [0.3, 0.4) is 0 Å². The highest BCUT2D eigenvalue weighted by molar-refractivity contribution is 7.80. The predicted octanol–water partition coefficient (Wildman–Crippen LogP) is 1.71. The Labute approximate surface area is 123 Å². The molecule has 1 aliphatic heterocycles. The summed E-state index contributed by atoms with van der Waals surface area (Å²) in [5.74, 6) is 0.680. The highest BCUT2D eigenvalue weighted by Crippen LogP contribution is 2.32. The van der Waals surface area contributed by atoms with Gasteiger partial charge in [0.1, 0.15) is 5.75 Å². The van der Waals surface area contributed by atoms with Crippen molar-refractivity contribution in [2.45, 2.75) is 43.7 Å². The number of nitrogens with one attached hydrogen (secondary N) is 1. The number of carbonyl (C=O) groups excluding carboxylic acids is 1. The van der Waals surface area contributed by atoms with Gasteiger partial charge in [-0.15, -0.1) is 0 Å². The summed E-state index contributed by atoms with van der Waals surface area (Å²) < 4.78 is 5.71. The van der Waals surface area contributed by atoms with Gasteiger partial charge in [0.15, 0.2) is 6.10 Å². The number of ether oxygens (including phenoxy) is 1. The molecule has 0 aromatic heterocycles. The van der Waals surface area contributed by atoms with Crippen molar-refractivity contribution in [3.8, 4) is 5.75 Å². The second-order valence-corrected chi connectivity index (χ2v) is 6.00. The predicted molar refractivity (Wildman–Crippen MR) is 80.7 cm³/mol. The van der Waals surface area contributed by atoms with Crippen LogP contribution >= 0.6 is 12.2 Å². The summed E-state index contributed by atoms with van der Waals surface area (Å²) in [6.45, 7) is 0. The lowest BCUT2D eigenvalue weighted by atomic mass is 9.97. The monoisotopic (exact) mass is 290 g/mol. The number of hydrogen-bond donors (Lipinski definition) is 2. The minimum atomic E-state index is -0.509. The molecule has 20 heavy (non-hydrogen) atoms. The molecule has 5 heteroatoms. The van der Waals surface area contributed by atoms with Gasteiger partial charge in [0.25, 0.3) is 5.91 Å². The molecule has 2 aliphatic rings. The lowest BCUT2D eigenvalue weighted by molar-refractivity contribution is -0.128. The van der Waals surface area contributed by atoms with E-state index in [1.807, 2.05) is 24.3 Å². The first kappa shape index (κ1) is 13.4. The zero-order valence-corrected chi connectivity index (χ0v) is 12.0. The molecular formula is C15H18N2O2S. The van der Waals surface area contributed by atoms with Crippen LogP contribution < -0.4 is 15.8 Å². The summed E-state index contributed by atoms with van der Waals surface area (Å²) in [6.07, 6.45) is 3.88. The first-order valence-electron chi connectivity index (χ1n) is 6.97. The van der Waals surface area contributed by atoms with E-state index >= 15 is 0 Å². The minimum absolute atomic E-state index is 0.115. The van der Waals surface area contributed by atoms with Gasteiger partial charge in [0, 0.05) is 6.42 Å². The minimum Gasteiger partial charge on any atom is -0.480 e. The smallest absolute Gasteiger partial charge is 0.262 e. The van der Waals surface area contributed by atoms with Crippen LogP contribution in [0.4, 0.5) is 0 Å². The number of thiocarbonyl (C=S) groups is 1. The molecule has 1 aliphatic carbocycles. The quantitative estimate of drug-likeness (QED) is 0.832. The van der Waals surface area contributed by atoms with Crippen LogP contribution in [0.15, 0.2) is 24.3 Å². The van der Waals surface area contributed by atoms with E-state index in [9.17, 15) is 4.79 Å². The van der Waals surface area contributed by atoms with E-state index in [1.54, 1.807) is 0 Å². The number of nitrogens with two attached hydrogens (primary N) is 1. The largest absolute Gasteiger partial charge is 0.480 e. The summed E-state index contributed by atoms with van der Waals surface area (Å²) in [5.41, 5.74) is 6.40. The number of para-hydroxylation sites is 1. The molecule has 3 N–H and O–H groups in total. The summed E-state index contributed by atoms with van der Waals surface area (Å²) in [5, 5.41) is 3.04. The molecule has 0 spiro atoms. The molecule has 0 saturated heterocycles.